The van der Waals surface area contributed by atoms with Crippen LogP contribution in [0, 0.1) is 12.8 Å². The maximum Gasteiger partial charge on any atom is 0.251 e. The number of halogens is 2. The van der Waals surface area contributed by atoms with Crippen LogP contribution in [0.5, 0.6) is 0 Å². The van der Waals surface area contributed by atoms with E-state index in [-0.39, 0.29) is 5.91 Å². The van der Waals surface area contributed by atoms with Crippen LogP contribution in [0.3, 0.4) is 0 Å². The van der Waals surface area contributed by atoms with E-state index in [0.29, 0.717) is 10.7 Å². The molecule has 104 valence electrons. The molecule has 0 atom stereocenters. The summed E-state index contributed by atoms with van der Waals surface area (Å²) < 4.78 is 0.986. The van der Waals surface area contributed by atoms with Crippen molar-refractivity contribution in [2.24, 2.45) is 5.92 Å². The van der Waals surface area contributed by atoms with Gasteiger partial charge in [-0.2, -0.15) is 0 Å². The molecule has 4 heteroatoms. The molecule has 2 rings (SSSR count). The number of alkyl halides is 1. The van der Waals surface area contributed by atoms with Crippen LogP contribution in [-0.4, -0.2) is 17.3 Å². The van der Waals surface area contributed by atoms with Gasteiger partial charge in [-0.15, -0.1) is 0 Å². The molecular weight excluding hydrogens is 370 g/mol. The van der Waals surface area contributed by atoms with Crippen molar-refractivity contribution in [2.45, 2.75) is 37.4 Å². The quantitative estimate of drug-likeness (QED) is 0.762. The molecule has 1 N–H and O–H groups in total. The second-order valence-electron chi connectivity index (χ2n) is 5.24. The van der Waals surface area contributed by atoms with Gasteiger partial charge in [0.15, 0.2) is 0 Å². The van der Waals surface area contributed by atoms with Gasteiger partial charge < -0.3 is 5.32 Å². The van der Waals surface area contributed by atoms with Crippen molar-refractivity contribution >= 4 is 37.8 Å². The summed E-state index contributed by atoms with van der Waals surface area (Å²) >= 11 is 7.12. The standard InChI is InChI=1S/C15H19Br2NO/c1-10-13(3-2-4-14(10)17)15(19)18-9-11-5-7-12(16)8-6-11/h2-4,11-12H,5-9H2,1H3,(H,18,19). The van der Waals surface area contributed by atoms with Gasteiger partial charge in [-0.05, 0) is 56.2 Å². The van der Waals surface area contributed by atoms with Crippen molar-refractivity contribution < 1.29 is 4.79 Å². The Hall–Kier alpha value is -0.350. The van der Waals surface area contributed by atoms with E-state index < -0.39 is 0 Å². The van der Waals surface area contributed by atoms with Gasteiger partial charge in [-0.1, -0.05) is 37.9 Å². The highest BCUT2D eigenvalue weighted by Gasteiger charge is 2.20. The van der Waals surface area contributed by atoms with E-state index in [9.17, 15) is 4.79 Å². The first-order chi connectivity index (χ1) is 9.08. The first kappa shape index (κ1) is 15.0. The molecule has 0 aromatic heterocycles. The largest absolute Gasteiger partial charge is 0.352 e. The lowest BCUT2D eigenvalue weighted by Gasteiger charge is -2.25. The molecule has 0 aliphatic heterocycles. The second kappa shape index (κ2) is 6.89. The highest BCUT2D eigenvalue weighted by molar-refractivity contribution is 9.10. The van der Waals surface area contributed by atoms with E-state index in [1.54, 1.807) is 0 Å². The number of nitrogens with one attached hydrogen (secondary N) is 1. The van der Waals surface area contributed by atoms with Gasteiger partial charge in [-0.25, -0.2) is 0 Å². The van der Waals surface area contributed by atoms with Crippen LogP contribution in [0.25, 0.3) is 0 Å². The van der Waals surface area contributed by atoms with Crippen molar-refractivity contribution in [1.29, 1.82) is 0 Å². The minimum absolute atomic E-state index is 0.0414. The van der Waals surface area contributed by atoms with E-state index in [1.165, 1.54) is 25.7 Å². The van der Waals surface area contributed by atoms with Crippen LogP contribution >= 0.6 is 31.9 Å². The van der Waals surface area contributed by atoms with Crippen LogP contribution in [0.4, 0.5) is 0 Å². The molecule has 1 aliphatic carbocycles. The molecule has 0 heterocycles. The van der Waals surface area contributed by atoms with Crippen LogP contribution < -0.4 is 5.32 Å². The third-order valence-electron chi connectivity index (χ3n) is 3.84. The minimum atomic E-state index is 0.0414. The van der Waals surface area contributed by atoms with Gasteiger partial charge in [0.25, 0.3) is 5.91 Å². The van der Waals surface area contributed by atoms with Crippen molar-refractivity contribution in [1.82, 2.24) is 5.32 Å². The molecule has 2 nitrogen and oxygen atoms in total. The molecule has 1 saturated carbocycles. The molecular formula is C15H19Br2NO. The van der Waals surface area contributed by atoms with Gasteiger partial charge in [0.1, 0.15) is 0 Å². The summed E-state index contributed by atoms with van der Waals surface area (Å²) in [5, 5.41) is 3.08. The topological polar surface area (TPSA) is 29.1 Å². The molecule has 0 unspecified atom stereocenters. The van der Waals surface area contributed by atoms with Crippen molar-refractivity contribution in [3.8, 4) is 0 Å². The summed E-state index contributed by atoms with van der Waals surface area (Å²) in [5.74, 6) is 0.671. The molecule has 1 amide bonds. The first-order valence-electron chi connectivity index (χ1n) is 6.75. The monoisotopic (exact) mass is 387 g/mol. The molecule has 1 fully saturated rings. The van der Waals surface area contributed by atoms with E-state index in [2.05, 4.69) is 37.2 Å². The minimum Gasteiger partial charge on any atom is -0.352 e. The number of carbonyl (C=O) groups is 1. The summed E-state index contributed by atoms with van der Waals surface area (Å²) in [5.41, 5.74) is 1.77. The van der Waals surface area contributed by atoms with Crippen LogP contribution in [0.15, 0.2) is 22.7 Å². The van der Waals surface area contributed by atoms with Crippen molar-refractivity contribution in [2.75, 3.05) is 6.54 Å². The van der Waals surface area contributed by atoms with Gasteiger partial charge in [0.2, 0.25) is 0 Å². The average molecular weight is 389 g/mol. The van der Waals surface area contributed by atoms with Gasteiger partial charge in [0, 0.05) is 21.4 Å². The lowest BCUT2D eigenvalue weighted by molar-refractivity contribution is 0.0943. The maximum absolute atomic E-state index is 12.2. The zero-order valence-corrected chi connectivity index (χ0v) is 14.3. The van der Waals surface area contributed by atoms with Crippen LogP contribution in [-0.2, 0) is 0 Å². The zero-order valence-electron chi connectivity index (χ0n) is 11.1. The summed E-state index contributed by atoms with van der Waals surface area (Å²) in [6.07, 6.45) is 4.84. The Bertz CT molecular complexity index is 453. The highest BCUT2D eigenvalue weighted by Crippen LogP contribution is 2.28. The molecule has 1 aromatic carbocycles. The lowest BCUT2D eigenvalue weighted by atomic mass is 9.89. The molecule has 0 spiro atoms. The van der Waals surface area contributed by atoms with Gasteiger partial charge >= 0.3 is 0 Å². The van der Waals surface area contributed by atoms with E-state index in [0.717, 1.165) is 22.1 Å². The predicted octanol–water partition coefficient (Wildman–Crippen LogP) is 4.44. The van der Waals surface area contributed by atoms with E-state index in [4.69, 9.17) is 0 Å². The highest BCUT2D eigenvalue weighted by atomic mass is 79.9. The fourth-order valence-corrected chi connectivity index (χ4v) is 3.41. The Balaban J connectivity index is 1.89. The van der Waals surface area contributed by atoms with Crippen molar-refractivity contribution in [3.05, 3.63) is 33.8 Å². The molecule has 1 aromatic rings. The van der Waals surface area contributed by atoms with Crippen LogP contribution in [0.2, 0.25) is 0 Å². The number of hydrogen-bond acceptors (Lipinski definition) is 1. The fourth-order valence-electron chi connectivity index (χ4n) is 2.51. The molecule has 1 aliphatic rings. The molecule has 19 heavy (non-hydrogen) atoms. The van der Waals surface area contributed by atoms with E-state index in [1.807, 2.05) is 25.1 Å². The zero-order chi connectivity index (χ0) is 13.8. The van der Waals surface area contributed by atoms with Crippen LogP contribution in [0.1, 0.15) is 41.6 Å². The number of rotatable bonds is 3. The molecule has 0 radical (unpaired) electrons. The summed E-state index contributed by atoms with van der Waals surface area (Å²) in [7, 11) is 0. The normalized spacial score (nSPS) is 23.1. The average Bonchev–Trinajstić information content (AvgIpc) is 2.41. The molecule has 0 bridgehead atoms. The number of hydrogen-bond donors (Lipinski definition) is 1. The SMILES string of the molecule is Cc1c(Br)cccc1C(=O)NCC1CCC(Br)CC1. The third kappa shape index (κ3) is 4.06. The summed E-state index contributed by atoms with van der Waals surface area (Å²) in [6, 6.07) is 5.75. The smallest absolute Gasteiger partial charge is 0.251 e. The molecule has 0 saturated heterocycles. The Morgan fingerprint density at radius 1 is 1.32 bits per heavy atom. The Morgan fingerprint density at radius 3 is 2.68 bits per heavy atom. The van der Waals surface area contributed by atoms with Gasteiger partial charge in [-0.3, -0.25) is 4.79 Å². The van der Waals surface area contributed by atoms with Gasteiger partial charge in [0.05, 0.1) is 0 Å². The maximum atomic E-state index is 12.2. The summed E-state index contributed by atoms with van der Waals surface area (Å²) in [6.45, 7) is 2.76. The Kier molecular flexibility index (Phi) is 5.46. The first-order valence-corrected chi connectivity index (χ1v) is 8.46. The van der Waals surface area contributed by atoms with Crippen molar-refractivity contribution in [3.63, 3.8) is 0 Å². The number of amides is 1. The number of benzene rings is 1. The van der Waals surface area contributed by atoms with E-state index >= 15 is 0 Å². The fraction of sp³-hybridized carbons (Fsp3) is 0.533. The number of carbonyl (C=O) groups excluding carboxylic acids is 1. The Labute approximate surface area is 131 Å². The predicted molar refractivity (Wildman–Crippen MR) is 85.9 cm³/mol. The third-order valence-corrected chi connectivity index (χ3v) is 5.61. The second-order valence-corrected chi connectivity index (χ2v) is 7.39. The Morgan fingerprint density at radius 2 is 2.00 bits per heavy atom. The lowest BCUT2D eigenvalue weighted by Crippen LogP contribution is -2.31. The summed E-state index contributed by atoms with van der Waals surface area (Å²) in [4.78, 5) is 12.9.